The Morgan fingerprint density at radius 1 is 1.17 bits per heavy atom. The number of benzene rings is 1. The van der Waals surface area contributed by atoms with Crippen LogP contribution in [0.3, 0.4) is 0 Å². The molecule has 2 rings (SSSR count). The van der Waals surface area contributed by atoms with Gasteiger partial charge >= 0.3 is 12.1 Å². The number of nitrogens with one attached hydrogen (secondary N) is 1. The van der Waals surface area contributed by atoms with Gasteiger partial charge < -0.3 is 10.4 Å². The van der Waals surface area contributed by atoms with Gasteiger partial charge in [-0.1, -0.05) is 42.1 Å². The lowest BCUT2D eigenvalue weighted by Gasteiger charge is -2.33. The fourth-order valence-corrected chi connectivity index (χ4v) is 3.59. The molecule has 0 bridgehead atoms. The van der Waals surface area contributed by atoms with Crippen LogP contribution in [-0.4, -0.2) is 39.7 Å². The SMILES string of the molecule is O=C(S[C@H]1C[C@H](NC(=O)C(F)(F)F)CC[C@@H]1O)c1ccccc1. The predicted octanol–water partition coefficient (Wildman–Crippen LogP) is 2.52. The summed E-state index contributed by atoms with van der Waals surface area (Å²) >= 11 is 0.899. The maximum Gasteiger partial charge on any atom is 0.471 e. The summed E-state index contributed by atoms with van der Waals surface area (Å²) in [6, 6.07) is 7.74. The van der Waals surface area contributed by atoms with Crippen LogP contribution in [-0.2, 0) is 4.79 Å². The van der Waals surface area contributed by atoms with Crippen molar-refractivity contribution in [3.05, 3.63) is 35.9 Å². The number of carbonyl (C=O) groups excluding carboxylic acids is 2. The first kappa shape index (κ1) is 17.8. The molecular formula is C15H16F3NO3S. The molecule has 8 heteroatoms. The zero-order valence-electron chi connectivity index (χ0n) is 12.0. The minimum Gasteiger partial charge on any atom is -0.392 e. The summed E-state index contributed by atoms with van der Waals surface area (Å²) in [6.07, 6.45) is -5.11. The first-order chi connectivity index (χ1) is 10.8. The van der Waals surface area contributed by atoms with E-state index in [-0.39, 0.29) is 24.4 Å². The minimum atomic E-state index is -4.93. The highest BCUT2D eigenvalue weighted by Gasteiger charge is 2.41. The first-order valence-corrected chi connectivity index (χ1v) is 7.97. The Morgan fingerprint density at radius 2 is 1.83 bits per heavy atom. The number of hydrogen-bond donors (Lipinski definition) is 2. The van der Waals surface area contributed by atoms with E-state index in [1.165, 1.54) is 0 Å². The molecule has 1 aromatic rings. The van der Waals surface area contributed by atoms with Crippen molar-refractivity contribution in [3.63, 3.8) is 0 Å². The molecule has 0 aromatic heterocycles. The van der Waals surface area contributed by atoms with Gasteiger partial charge in [0.1, 0.15) is 0 Å². The van der Waals surface area contributed by atoms with Gasteiger partial charge in [-0.3, -0.25) is 9.59 Å². The molecule has 0 unspecified atom stereocenters. The average molecular weight is 347 g/mol. The third-order valence-corrected chi connectivity index (χ3v) is 4.88. The zero-order chi connectivity index (χ0) is 17.0. The molecule has 4 nitrogen and oxygen atoms in total. The van der Waals surface area contributed by atoms with E-state index in [0.29, 0.717) is 5.56 Å². The van der Waals surface area contributed by atoms with E-state index in [2.05, 4.69) is 0 Å². The lowest BCUT2D eigenvalue weighted by molar-refractivity contribution is -0.174. The normalized spacial score (nSPS) is 25.0. The number of hydrogen-bond acceptors (Lipinski definition) is 4. The summed E-state index contributed by atoms with van der Waals surface area (Å²) in [4.78, 5) is 23.1. The molecule has 1 aromatic carbocycles. The number of carbonyl (C=O) groups is 2. The Hall–Kier alpha value is -1.54. The number of aliphatic hydroxyl groups is 1. The Kier molecular flexibility index (Phi) is 5.69. The van der Waals surface area contributed by atoms with Crippen molar-refractivity contribution in [1.82, 2.24) is 5.32 Å². The van der Waals surface area contributed by atoms with Crippen LogP contribution in [0.25, 0.3) is 0 Å². The van der Waals surface area contributed by atoms with Gasteiger partial charge in [-0.25, -0.2) is 0 Å². The van der Waals surface area contributed by atoms with Crippen molar-refractivity contribution in [2.45, 2.75) is 42.8 Å². The first-order valence-electron chi connectivity index (χ1n) is 7.09. The standard InChI is InChI=1S/C15H16F3NO3S/c16-15(17,18)14(22)19-10-6-7-11(20)12(8-10)23-13(21)9-4-2-1-3-5-9/h1-5,10-12,20H,6-8H2,(H,19,22)/t10-,11+,12+/m1/s1. The lowest BCUT2D eigenvalue weighted by Crippen LogP contribution is -2.48. The van der Waals surface area contributed by atoms with Gasteiger partial charge in [0.15, 0.2) is 0 Å². The van der Waals surface area contributed by atoms with Gasteiger partial charge in [-0.05, 0) is 19.3 Å². The van der Waals surface area contributed by atoms with Crippen LogP contribution < -0.4 is 5.32 Å². The number of thioether (sulfide) groups is 1. The molecular weight excluding hydrogens is 331 g/mol. The molecule has 0 heterocycles. The highest BCUT2D eigenvalue weighted by molar-refractivity contribution is 8.14. The molecule has 0 radical (unpaired) electrons. The van der Waals surface area contributed by atoms with Gasteiger partial charge in [-0.15, -0.1) is 0 Å². The summed E-state index contributed by atoms with van der Waals surface area (Å²) in [5.74, 6) is -1.99. The zero-order valence-corrected chi connectivity index (χ0v) is 12.9. The average Bonchev–Trinajstić information content (AvgIpc) is 2.50. The quantitative estimate of drug-likeness (QED) is 0.882. The van der Waals surface area contributed by atoms with Crippen LogP contribution in [0.5, 0.6) is 0 Å². The van der Waals surface area contributed by atoms with Crippen molar-refractivity contribution < 1.29 is 27.9 Å². The predicted molar refractivity (Wildman–Crippen MR) is 80.0 cm³/mol. The second kappa shape index (κ2) is 7.35. The summed E-state index contributed by atoms with van der Waals surface area (Å²) in [7, 11) is 0. The maximum atomic E-state index is 12.3. The van der Waals surface area contributed by atoms with Crippen LogP contribution in [0, 0.1) is 0 Å². The molecule has 0 saturated heterocycles. The second-order valence-corrected chi connectivity index (χ2v) is 6.57. The molecule has 126 valence electrons. The van der Waals surface area contributed by atoms with Crippen molar-refractivity contribution >= 4 is 22.8 Å². The van der Waals surface area contributed by atoms with Crippen LogP contribution in [0.15, 0.2) is 30.3 Å². The van der Waals surface area contributed by atoms with Crippen LogP contribution in [0.2, 0.25) is 0 Å². The van der Waals surface area contributed by atoms with Crippen molar-refractivity contribution in [2.24, 2.45) is 0 Å². The molecule has 23 heavy (non-hydrogen) atoms. The minimum absolute atomic E-state index is 0.117. The Labute approximate surface area is 135 Å². The second-order valence-electron chi connectivity index (χ2n) is 5.36. The molecule has 1 fully saturated rings. The number of aliphatic hydroxyl groups excluding tert-OH is 1. The number of alkyl halides is 3. The fraction of sp³-hybridized carbons (Fsp3) is 0.467. The van der Waals surface area contributed by atoms with Gasteiger partial charge in [0.2, 0.25) is 5.12 Å². The summed E-state index contributed by atoms with van der Waals surface area (Å²) in [6.45, 7) is 0. The van der Waals surface area contributed by atoms with Crippen LogP contribution in [0.1, 0.15) is 29.6 Å². The van der Waals surface area contributed by atoms with E-state index in [1.54, 1.807) is 30.3 Å². The molecule has 3 atom stereocenters. The highest BCUT2D eigenvalue weighted by Crippen LogP contribution is 2.31. The van der Waals surface area contributed by atoms with Crippen molar-refractivity contribution in [2.75, 3.05) is 0 Å². The number of amides is 1. The van der Waals surface area contributed by atoms with Gasteiger partial charge in [0.05, 0.1) is 6.10 Å². The number of halogens is 3. The van der Waals surface area contributed by atoms with E-state index in [1.807, 2.05) is 5.32 Å². The Bertz CT molecular complexity index is 565. The van der Waals surface area contributed by atoms with Gasteiger partial charge in [0.25, 0.3) is 0 Å². The van der Waals surface area contributed by atoms with Gasteiger partial charge in [0, 0.05) is 16.9 Å². The summed E-state index contributed by atoms with van der Waals surface area (Å²) < 4.78 is 36.9. The van der Waals surface area contributed by atoms with Crippen molar-refractivity contribution in [1.29, 1.82) is 0 Å². The maximum absolute atomic E-state index is 12.3. The molecule has 1 aliphatic carbocycles. The third kappa shape index (κ3) is 4.97. The van der Waals surface area contributed by atoms with E-state index in [4.69, 9.17) is 0 Å². The molecule has 0 spiro atoms. The monoisotopic (exact) mass is 347 g/mol. The molecule has 0 aliphatic heterocycles. The third-order valence-electron chi connectivity index (χ3n) is 3.62. The molecule has 1 aliphatic rings. The van der Waals surface area contributed by atoms with E-state index < -0.39 is 29.5 Å². The van der Waals surface area contributed by atoms with E-state index >= 15 is 0 Å². The lowest BCUT2D eigenvalue weighted by atomic mass is 9.92. The smallest absolute Gasteiger partial charge is 0.392 e. The number of rotatable bonds is 3. The van der Waals surface area contributed by atoms with Crippen LogP contribution >= 0.6 is 11.8 Å². The molecule has 1 saturated carbocycles. The van der Waals surface area contributed by atoms with Crippen molar-refractivity contribution in [3.8, 4) is 0 Å². The largest absolute Gasteiger partial charge is 0.471 e. The Morgan fingerprint density at radius 3 is 2.43 bits per heavy atom. The molecule has 1 amide bonds. The summed E-state index contributed by atoms with van der Waals surface area (Å²) in [5, 5.41) is 11.1. The van der Waals surface area contributed by atoms with E-state index in [0.717, 1.165) is 11.8 Å². The fourth-order valence-electron chi connectivity index (χ4n) is 2.42. The van der Waals surface area contributed by atoms with Crippen LogP contribution in [0.4, 0.5) is 13.2 Å². The van der Waals surface area contributed by atoms with E-state index in [9.17, 15) is 27.9 Å². The summed E-state index contributed by atoms with van der Waals surface area (Å²) in [5.41, 5.74) is 0.464. The molecule has 2 N–H and O–H groups in total. The highest BCUT2D eigenvalue weighted by atomic mass is 32.2. The Balaban J connectivity index is 1.96. The topological polar surface area (TPSA) is 66.4 Å². The van der Waals surface area contributed by atoms with Gasteiger partial charge in [-0.2, -0.15) is 13.2 Å².